The summed E-state index contributed by atoms with van der Waals surface area (Å²) in [5, 5.41) is 0. The van der Waals surface area contributed by atoms with Crippen molar-refractivity contribution in [2.24, 2.45) is 5.92 Å². The van der Waals surface area contributed by atoms with Crippen molar-refractivity contribution in [3.63, 3.8) is 0 Å². The SMILES string of the molecule is CC1CCCN(C(=O)CCN(Cc2ccccc2)S(C)(=O)=O)C1. The van der Waals surface area contributed by atoms with Crippen molar-refractivity contribution in [1.82, 2.24) is 9.21 Å². The molecule has 0 aromatic heterocycles. The van der Waals surface area contributed by atoms with Gasteiger partial charge in [-0.1, -0.05) is 37.3 Å². The Morgan fingerprint density at radius 1 is 1.30 bits per heavy atom. The molecule has 23 heavy (non-hydrogen) atoms. The fourth-order valence-corrected chi connectivity index (χ4v) is 3.75. The highest BCUT2D eigenvalue weighted by molar-refractivity contribution is 7.88. The summed E-state index contributed by atoms with van der Waals surface area (Å²) in [6, 6.07) is 9.46. The molecule has 1 aliphatic heterocycles. The first kappa shape index (κ1) is 17.9. The molecule has 0 spiro atoms. The molecule has 1 amide bonds. The normalized spacial score (nSPS) is 19.1. The van der Waals surface area contributed by atoms with Gasteiger partial charge in [0.05, 0.1) is 6.26 Å². The topological polar surface area (TPSA) is 57.7 Å². The van der Waals surface area contributed by atoms with Crippen molar-refractivity contribution in [2.45, 2.75) is 32.7 Å². The van der Waals surface area contributed by atoms with Crippen LogP contribution in [0, 0.1) is 5.92 Å². The second-order valence-electron chi connectivity index (χ2n) is 6.42. The van der Waals surface area contributed by atoms with Crippen LogP contribution in [0.5, 0.6) is 0 Å². The molecule has 1 saturated heterocycles. The van der Waals surface area contributed by atoms with E-state index in [0.717, 1.165) is 31.5 Å². The largest absolute Gasteiger partial charge is 0.342 e. The Hall–Kier alpha value is -1.40. The molecule has 2 rings (SSSR count). The van der Waals surface area contributed by atoms with Gasteiger partial charge in [-0.3, -0.25) is 4.79 Å². The van der Waals surface area contributed by atoms with Crippen LogP contribution in [0.25, 0.3) is 0 Å². The van der Waals surface area contributed by atoms with Crippen LogP contribution in [-0.4, -0.2) is 49.4 Å². The van der Waals surface area contributed by atoms with Crippen LogP contribution in [-0.2, 0) is 21.4 Å². The molecule has 5 nitrogen and oxygen atoms in total. The van der Waals surface area contributed by atoms with E-state index in [1.54, 1.807) is 0 Å². The summed E-state index contributed by atoms with van der Waals surface area (Å²) in [4.78, 5) is 14.2. The minimum atomic E-state index is -3.34. The van der Waals surface area contributed by atoms with E-state index in [1.165, 1.54) is 10.6 Å². The predicted molar refractivity (Wildman–Crippen MR) is 91.3 cm³/mol. The Balaban J connectivity index is 1.94. The summed E-state index contributed by atoms with van der Waals surface area (Å²) in [5.74, 6) is 0.585. The van der Waals surface area contributed by atoms with Gasteiger partial charge in [-0.25, -0.2) is 8.42 Å². The highest BCUT2D eigenvalue weighted by Crippen LogP contribution is 2.17. The number of hydrogen-bond acceptors (Lipinski definition) is 3. The maximum atomic E-state index is 12.3. The zero-order chi connectivity index (χ0) is 16.9. The number of likely N-dealkylation sites (tertiary alicyclic amines) is 1. The lowest BCUT2D eigenvalue weighted by molar-refractivity contribution is -0.133. The van der Waals surface area contributed by atoms with Gasteiger partial charge in [0.1, 0.15) is 0 Å². The molecule has 1 aromatic carbocycles. The molecule has 0 radical (unpaired) electrons. The van der Waals surface area contributed by atoms with Crippen molar-refractivity contribution in [3.8, 4) is 0 Å². The number of piperidine rings is 1. The van der Waals surface area contributed by atoms with E-state index in [9.17, 15) is 13.2 Å². The second kappa shape index (κ2) is 7.93. The molecule has 1 atom stereocenters. The van der Waals surface area contributed by atoms with Gasteiger partial charge < -0.3 is 4.90 Å². The summed E-state index contributed by atoms with van der Waals surface area (Å²) < 4.78 is 25.3. The molecule has 1 aromatic rings. The average molecular weight is 338 g/mol. The molecule has 0 N–H and O–H groups in total. The van der Waals surface area contributed by atoms with Crippen molar-refractivity contribution in [1.29, 1.82) is 0 Å². The number of carbonyl (C=O) groups excluding carboxylic acids is 1. The lowest BCUT2D eigenvalue weighted by atomic mass is 10.00. The molecule has 1 aliphatic rings. The molecular formula is C17H26N2O3S. The average Bonchev–Trinajstić information content (AvgIpc) is 2.51. The number of rotatable bonds is 6. The first-order chi connectivity index (χ1) is 10.9. The van der Waals surface area contributed by atoms with Gasteiger partial charge in [0, 0.05) is 32.6 Å². The molecule has 1 heterocycles. The molecule has 1 fully saturated rings. The fraction of sp³-hybridized carbons (Fsp3) is 0.588. The van der Waals surface area contributed by atoms with Gasteiger partial charge >= 0.3 is 0 Å². The molecular weight excluding hydrogens is 312 g/mol. The van der Waals surface area contributed by atoms with Crippen LogP contribution in [0.15, 0.2) is 30.3 Å². The third kappa shape index (κ3) is 5.62. The Bertz CT molecular complexity index is 616. The van der Waals surface area contributed by atoms with E-state index in [2.05, 4.69) is 6.92 Å². The molecule has 0 bridgehead atoms. The third-order valence-corrected chi connectivity index (χ3v) is 5.51. The molecule has 6 heteroatoms. The van der Waals surface area contributed by atoms with Crippen LogP contribution >= 0.6 is 0 Å². The maximum absolute atomic E-state index is 12.3. The summed E-state index contributed by atoms with van der Waals surface area (Å²) in [6.07, 6.45) is 3.63. The fourth-order valence-electron chi connectivity index (χ4n) is 2.94. The first-order valence-corrected chi connectivity index (χ1v) is 9.98. The van der Waals surface area contributed by atoms with Gasteiger partial charge in [-0.2, -0.15) is 4.31 Å². The Morgan fingerprint density at radius 2 is 2.00 bits per heavy atom. The Labute approximate surface area is 139 Å². The number of carbonyl (C=O) groups is 1. The number of nitrogens with zero attached hydrogens (tertiary/aromatic N) is 2. The van der Waals surface area contributed by atoms with E-state index in [-0.39, 0.29) is 18.9 Å². The zero-order valence-corrected chi connectivity index (χ0v) is 14.8. The van der Waals surface area contributed by atoms with Gasteiger partial charge in [-0.05, 0) is 24.3 Å². The maximum Gasteiger partial charge on any atom is 0.223 e. The van der Waals surface area contributed by atoms with E-state index < -0.39 is 10.0 Å². The smallest absolute Gasteiger partial charge is 0.223 e. The van der Waals surface area contributed by atoms with Crippen LogP contribution in [0.4, 0.5) is 0 Å². The highest BCUT2D eigenvalue weighted by Gasteiger charge is 2.23. The minimum absolute atomic E-state index is 0.0539. The molecule has 0 saturated carbocycles. The van der Waals surface area contributed by atoms with E-state index >= 15 is 0 Å². The van der Waals surface area contributed by atoms with Crippen molar-refractivity contribution in [2.75, 3.05) is 25.9 Å². The standard InChI is InChI=1S/C17H26N2O3S/c1-15-7-6-11-18(13-15)17(20)10-12-19(23(2,21)22)14-16-8-4-3-5-9-16/h3-5,8-9,15H,6-7,10-14H2,1-2H3. The quantitative estimate of drug-likeness (QED) is 0.798. The van der Waals surface area contributed by atoms with Gasteiger partial charge in [-0.15, -0.1) is 0 Å². The predicted octanol–water partition coefficient (Wildman–Crippen LogP) is 2.10. The second-order valence-corrected chi connectivity index (χ2v) is 8.40. The van der Waals surface area contributed by atoms with Crippen LogP contribution in [0.1, 0.15) is 31.7 Å². The molecule has 1 unspecified atom stereocenters. The first-order valence-electron chi connectivity index (χ1n) is 8.13. The van der Waals surface area contributed by atoms with Crippen molar-refractivity contribution in [3.05, 3.63) is 35.9 Å². The number of benzene rings is 1. The lowest BCUT2D eigenvalue weighted by Crippen LogP contribution is -2.41. The van der Waals surface area contributed by atoms with Gasteiger partial charge in [0.25, 0.3) is 0 Å². The molecule has 0 aliphatic carbocycles. The van der Waals surface area contributed by atoms with Gasteiger partial charge in [0.2, 0.25) is 15.9 Å². The van der Waals surface area contributed by atoms with Crippen LogP contribution < -0.4 is 0 Å². The van der Waals surface area contributed by atoms with E-state index in [1.807, 2.05) is 35.2 Å². The number of amides is 1. The summed E-state index contributed by atoms with van der Waals surface area (Å²) in [6.45, 7) is 4.27. The van der Waals surface area contributed by atoms with Crippen molar-refractivity contribution < 1.29 is 13.2 Å². The number of hydrogen-bond donors (Lipinski definition) is 0. The monoisotopic (exact) mass is 338 g/mol. The lowest BCUT2D eigenvalue weighted by Gasteiger charge is -2.31. The van der Waals surface area contributed by atoms with E-state index in [0.29, 0.717) is 12.5 Å². The summed E-state index contributed by atoms with van der Waals surface area (Å²) in [5.41, 5.74) is 0.928. The van der Waals surface area contributed by atoms with Crippen LogP contribution in [0.3, 0.4) is 0 Å². The minimum Gasteiger partial charge on any atom is -0.342 e. The summed E-state index contributed by atoms with van der Waals surface area (Å²) >= 11 is 0. The van der Waals surface area contributed by atoms with Gasteiger partial charge in [0.15, 0.2) is 0 Å². The third-order valence-electron chi connectivity index (χ3n) is 4.26. The number of sulfonamides is 1. The Kier molecular flexibility index (Phi) is 6.18. The van der Waals surface area contributed by atoms with E-state index in [4.69, 9.17) is 0 Å². The zero-order valence-electron chi connectivity index (χ0n) is 13.9. The highest BCUT2D eigenvalue weighted by atomic mass is 32.2. The van der Waals surface area contributed by atoms with Crippen molar-refractivity contribution >= 4 is 15.9 Å². The summed E-state index contributed by atoms with van der Waals surface area (Å²) in [7, 11) is -3.34. The van der Waals surface area contributed by atoms with Crippen LogP contribution in [0.2, 0.25) is 0 Å². The molecule has 128 valence electrons. The Morgan fingerprint density at radius 3 is 2.61 bits per heavy atom.